The Morgan fingerprint density at radius 1 is 0.897 bits per heavy atom. The summed E-state index contributed by atoms with van der Waals surface area (Å²) in [5.41, 5.74) is 2.45. The van der Waals surface area contributed by atoms with Gasteiger partial charge in [-0.1, -0.05) is 75.2 Å². The molecule has 0 aliphatic carbocycles. The number of anilines is 1. The first-order valence-electron chi connectivity index (χ1n) is 10.5. The van der Waals surface area contributed by atoms with E-state index in [9.17, 15) is 0 Å². The van der Waals surface area contributed by atoms with Crippen LogP contribution in [-0.4, -0.2) is 16.5 Å². The van der Waals surface area contributed by atoms with Crippen LogP contribution >= 0.6 is 0 Å². The molecule has 0 amide bonds. The number of hydrogen-bond acceptors (Lipinski definition) is 4. The van der Waals surface area contributed by atoms with Gasteiger partial charge in [0.2, 0.25) is 5.95 Å². The zero-order valence-electron chi connectivity index (χ0n) is 17.6. The SMILES string of the molecule is Cc1ccccc1Oc1cnc(NCC(CCCC(C)C)c2ccccc2)nc1. The van der Waals surface area contributed by atoms with Crippen molar-refractivity contribution < 1.29 is 4.74 Å². The number of nitrogens with one attached hydrogen (secondary N) is 1. The van der Waals surface area contributed by atoms with Crippen LogP contribution in [0.4, 0.5) is 5.95 Å². The number of benzene rings is 2. The normalized spacial score (nSPS) is 12.0. The van der Waals surface area contributed by atoms with Crippen LogP contribution in [0.15, 0.2) is 67.0 Å². The van der Waals surface area contributed by atoms with Crippen molar-refractivity contribution in [1.82, 2.24) is 9.97 Å². The van der Waals surface area contributed by atoms with E-state index in [0.29, 0.717) is 17.6 Å². The van der Waals surface area contributed by atoms with Gasteiger partial charge in [0.15, 0.2) is 5.75 Å². The van der Waals surface area contributed by atoms with Crippen LogP contribution in [-0.2, 0) is 0 Å². The van der Waals surface area contributed by atoms with Crippen LogP contribution in [0.1, 0.15) is 50.2 Å². The van der Waals surface area contributed by atoms with E-state index in [4.69, 9.17) is 4.74 Å². The minimum atomic E-state index is 0.446. The number of ether oxygens (including phenoxy) is 1. The van der Waals surface area contributed by atoms with Crippen molar-refractivity contribution >= 4 is 5.95 Å². The van der Waals surface area contributed by atoms with Crippen molar-refractivity contribution in [2.45, 2.75) is 46.0 Å². The van der Waals surface area contributed by atoms with Crippen LogP contribution in [0, 0.1) is 12.8 Å². The molecule has 0 spiro atoms. The van der Waals surface area contributed by atoms with Crippen LogP contribution in [0.2, 0.25) is 0 Å². The van der Waals surface area contributed by atoms with Gasteiger partial charge in [0, 0.05) is 12.5 Å². The van der Waals surface area contributed by atoms with Gasteiger partial charge in [0.05, 0.1) is 12.4 Å². The highest BCUT2D eigenvalue weighted by atomic mass is 16.5. The van der Waals surface area contributed by atoms with Crippen molar-refractivity contribution in [2.75, 3.05) is 11.9 Å². The molecule has 1 heterocycles. The highest BCUT2D eigenvalue weighted by molar-refractivity contribution is 5.36. The molecule has 4 heteroatoms. The van der Waals surface area contributed by atoms with Crippen LogP contribution in [0.25, 0.3) is 0 Å². The van der Waals surface area contributed by atoms with Crippen molar-refractivity contribution in [3.05, 3.63) is 78.1 Å². The van der Waals surface area contributed by atoms with Gasteiger partial charge in [0.25, 0.3) is 0 Å². The maximum absolute atomic E-state index is 5.88. The fourth-order valence-electron chi connectivity index (χ4n) is 3.36. The summed E-state index contributed by atoms with van der Waals surface area (Å²) in [5, 5.41) is 3.41. The van der Waals surface area contributed by atoms with Gasteiger partial charge in [-0.05, 0) is 36.5 Å². The van der Waals surface area contributed by atoms with Crippen molar-refractivity contribution in [3.63, 3.8) is 0 Å². The van der Waals surface area contributed by atoms with E-state index < -0.39 is 0 Å². The first-order valence-corrected chi connectivity index (χ1v) is 10.5. The second kappa shape index (κ2) is 10.6. The molecule has 1 aromatic heterocycles. The molecule has 0 aliphatic heterocycles. The number of aromatic nitrogens is 2. The van der Waals surface area contributed by atoms with Gasteiger partial charge in [0.1, 0.15) is 5.75 Å². The molecular formula is C25H31N3O. The molecule has 0 radical (unpaired) electrons. The van der Waals surface area contributed by atoms with E-state index in [1.54, 1.807) is 12.4 Å². The lowest BCUT2D eigenvalue weighted by Crippen LogP contribution is -2.14. The summed E-state index contributed by atoms with van der Waals surface area (Å²) in [6.07, 6.45) is 7.08. The molecule has 0 saturated carbocycles. The molecule has 3 rings (SSSR count). The lowest BCUT2D eigenvalue weighted by atomic mass is 9.92. The van der Waals surface area contributed by atoms with Gasteiger partial charge >= 0.3 is 0 Å². The topological polar surface area (TPSA) is 47.0 Å². The third-order valence-electron chi connectivity index (χ3n) is 5.06. The highest BCUT2D eigenvalue weighted by Crippen LogP contribution is 2.25. The molecule has 29 heavy (non-hydrogen) atoms. The minimum Gasteiger partial charge on any atom is -0.454 e. The molecule has 152 valence electrons. The second-order valence-electron chi connectivity index (χ2n) is 7.92. The lowest BCUT2D eigenvalue weighted by Gasteiger charge is -2.19. The predicted octanol–water partition coefficient (Wildman–Crippen LogP) is 6.60. The largest absolute Gasteiger partial charge is 0.454 e. The Morgan fingerprint density at radius 3 is 2.28 bits per heavy atom. The average Bonchev–Trinajstić information content (AvgIpc) is 2.73. The molecular weight excluding hydrogens is 358 g/mol. The number of para-hydroxylation sites is 1. The summed E-state index contributed by atoms with van der Waals surface area (Å²) < 4.78 is 5.88. The summed E-state index contributed by atoms with van der Waals surface area (Å²) >= 11 is 0. The Bertz CT molecular complexity index is 863. The molecule has 3 aromatic rings. The number of nitrogens with zero attached hydrogens (tertiary/aromatic N) is 2. The second-order valence-corrected chi connectivity index (χ2v) is 7.92. The van der Waals surface area contributed by atoms with Gasteiger partial charge < -0.3 is 10.1 Å². The lowest BCUT2D eigenvalue weighted by molar-refractivity contribution is 0.474. The molecule has 1 unspecified atom stereocenters. The summed E-state index contributed by atoms with van der Waals surface area (Å²) in [4.78, 5) is 8.86. The fraction of sp³-hybridized carbons (Fsp3) is 0.360. The molecule has 0 fully saturated rings. The first-order chi connectivity index (χ1) is 14.1. The minimum absolute atomic E-state index is 0.446. The van der Waals surface area contributed by atoms with E-state index in [-0.39, 0.29) is 0 Å². The van der Waals surface area contributed by atoms with Gasteiger partial charge in [-0.3, -0.25) is 0 Å². The predicted molar refractivity (Wildman–Crippen MR) is 120 cm³/mol. The Balaban J connectivity index is 1.59. The quantitative estimate of drug-likeness (QED) is 0.424. The summed E-state index contributed by atoms with van der Waals surface area (Å²) in [7, 11) is 0. The van der Waals surface area contributed by atoms with E-state index in [2.05, 4.69) is 59.5 Å². The third kappa shape index (κ3) is 6.60. The third-order valence-corrected chi connectivity index (χ3v) is 5.06. The van der Waals surface area contributed by atoms with Crippen LogP contribution < -0.4 is 10.1 Å². The first kappa shape index (κ1) is 20.8. The molecule has 2 aromatic carbocycles. The van der Waals surface area contributed by atoms with Crippen molar-refractivity contribution in [3.8, 4) is 11.5 Å². The Morgan fingerprint density at radius 2 is 1.59 bits per heavy atom. The number of rotatable bonds is 10. The molecule has 4 nitrogen and oxygen atoms in total. The summed E-state index contributed by atoms with van der Waals surface area (Å²) in [5.74, 6) is 3.28. The number of aryl methyl sites for hydroxylation is 1. The van der Waals surface area contributed by atoms with E-state index in [0.717, 1.165) is 30.2 Å². The van der Waals surface area contributed by atoms with Gasteiger partial charge in [-0.25, -0.2) is 9.97 Å². The molecule has 0 saturated heterocycles. The molecule has 0 bridgehead atoms. The molecule has 0 aliphatic rings. The Hall–Kier alpha value is -2.88. The standard InChI is InChI=1S/C25H31N3O/c1-19(2)10-9-14-22(21-12-5-4-6-13-21)16-26-25-27-17-23(18-28-25)29-24-15-8-7-11-20(24)3/h4-8,11-13,15,17-19,22H,9-10,14,16H2,1-3H3,(H,26,27,28). The van der Waals surface area contributed by atoms with E-state index >= 15 is 0 Å². The maximum Gasteiger partial charge on any atom is 0.222 e. The van der Waals surface area contributed by atoms with Crippen LogP contribution in [0.5, 0.6) is 11.5 Å². The van der Waals surface area contributed by atoms with Crippen LogP contribution in [0.3, 0.4) is 0 Å². The molecule has 1 atom stereocenters. The average molecular weight is 390 g/mol. The summed E-state index contributed by atoms with van der Waals surface area (Å²) in [6.45, 7) is 7.41. The van der Waals surface area contributed by atoms with Crippen molar-refractivity contribution in [1.29, 1.82) is 0 Å². The van der Waals surface area contributed by atoms with Gasteiger partial charge in [-0.2, -0.15) is 0 Å². The van der Waals surface area contributed by atoms with E-state index in [1.807, 2.05) is 31.2 Å². The smallest absolute Gasteiger partial charge is 0.222 e. The summed E-state index contributed by atoms with van der Waals surface area (Å²) in [6, 6.07) is 18.6. The zero-order valence-corrected chi connectivity index (χ0v) is 17.6. The Labute approximate surface area is 174 Å². The van der Waals surface area contributed by atoms with E-state index in [1.165, 1.54) is 18.4 Å². The Kier molecular flexibility index (Phi) is 7.62. The van der Waals surface area contributed by atoms with Crippen molar-refractivity contribution in [2.24, 2.45) is 5.92 Å². The zero-order chi connectivity index (χ0) is 20.5. The monoisotopic (exact) mass is 389 g/mol. The van der Waals surface area contributed by atoms with Gasteiger partial charge in [-0.15, -0.1) is 0 Å². The molecule has 1 N–H and O–H groups in total. The highest BCUT2D eigenvalue weighted by Gasteiger charge is 2.12. The number of hydrogen-bond donors (Lipinski definition) is 1. The fourth-order valence-corrected chi connectivity index (χ4v) is 3.36. The maximum atomic E-state index is 5.88.